The molecule has 4 aliphatic rings. The van der Waals surface area contributed by atoms with Crippen molar-refractivity contribution in [1.29, 1.82) is 0 Å². The third kappa shape index (κ3) is 1.32. The summed E-state index contributed by atoms with van der Waals surface area (Å²) in [6.45, 7) is 0. The van der Waals surface area contributed by atoms with Crippen LogP contribution in [-0.4, -0.2) is 23.7 Å². The van der Waals surface area contributed by atoms with Gasteiger partial charge in [0.25, 0.3) is 0 Å². The van der Waals surface area contributed by atoms with E-state index in [1.165, 1.54) is 0 Å². The molecule has 0 spiro atoms. The van der Waals surface area contributed by atoms with Gasteiger partial charge in [0.2, 0.25) is 0 Å². The van der Waals surface area contributed by atoms with E-state index in [1.807, 2.05) is 0 Å². The highest BCUT2D eigenvalue weighted by atomic mass is 79.9. The van der Waals surface area contributed by atoms with Crippen molar-refractivity contribution in [3.05, 3.63) is 10.1 Å². The Labute approximate surface area is 164 Å². The average Bonchev–Trinajstić information content (AvgIpc) is 2.97. The summed E-state index contributed by atoms with van der Waals surface area (Å²) in [6.07, 6.45) is 1.03. The smallest absolute Gasteiger partial charge is 0.109 e. The Hall–Kier alpha value is 2.44. The van der Waals surface area contributed by atoms with Crippen LogP contribution < -0.4 is 0 Å². The Morgan fingerprint density at radius 2 is 1.15 bits per heavy atom. The SMILES string of the molecule is ClC1=C(Cl)[C@@]2(Cl)[C@H]3[C@H]4C[C@@H]([C@@H](Br)[C@H]4Br)[C@H]3[C@@]1(Cl)C2(Cl)Cl. The van der Waals surface area contributed by atoms with Crippen molar-refractivity contribution in [3.8, 4) is 0 Å². The van der Waals surface area contributed by atoms with E-state index in [-0.39, 0.29) is 11.8 Å². The summed E-state index contributed by atoms with van der Waals surface area (Å²) >= 11 is 47.3. The molecule has 0 nitrogen and oxygen atoms in total. The van der Waals surface area contributed by atoms with Crippen LogP contribution in [0, 0.1) is 23.7 Å². The predicted molar refractivity (Wildman–Crippen MR) is 94.3 cm³/mol. The maximum Gasteiger partial charge on any atom is 0.166 e. The molecule has 0 heterocycles. The van der Waals surface area contributed by atoms with Crippen LogP contribution in [0.15, 0.2) is 10.1 Å². The molecule has 0 aromatic heterocycles. The molecular weight excluding hydrogens is 517 g/mol. The fraction of sp³-hybridized carbons (Fsp3) is 0.833. The van der Waals surface area contributed by atoms with E-state index < -0.39 is 14.1 Å². The number of allylic oxidation sites excluding steroid dienone is 2. The highest BCUT2D eigenvalue weighted by Crippen LogP contribution is 2.83. The second kappa shape index (κ2) is 4.34. The molecule has 3 saturated carbocycles. The summed E-state index contributed by atoms with van der Waals surface area (Å²) in [5, 5.41) is 0.640. The third-order valence-corrected chi connectivity index (χ3v) is 13.1. The second-order valence-corrected chi connectivity index (χ2v) is 11.5. The zero-order valence-corrected chi connectivity index (χ0v) is 17.4. The topological polar surface area (TPSA) is 0 Å². The highest BCUT2D eigenvalue weighted by molar-refractivity contribution is 9.12. The fourth-order valence-electron chi connectivity index (χ4n) is 4.92. The molecule has 0 aromatic carbocycles. The molecule has 0 aliphatic heterocycles. The zero-order chi connectivity index (χ0) is 14.8. The van der Waals surface area contributed by atoms with E-state index in [0.29, 0.717) is 31.6 Å². The molecule has 0 unspecified atom stereocenters. The largest absolute Gasteiger partial charge is 0.166 e. The molecule has 4 bridgehead atoms. The molecule has 0 amide bonds. The van der Waals surface area contributed by atoms with Crippen molar-refractivity contribution in [1.82, 2.24) is 0 Å². The maximum atomic E-state index is 6.87. The molecule has 0 N–H and O–H groups in total. The number of halogens is 8. The van der Waals surface area contributed by atoms with Crippen LogP contribution in [0.3, 0.4) is 0 Å². The van der Waals surface area contributed by atoms with Crippen LogP contribution in [0.4, 0.5) is 0 Å². The molecule has 4 rings (SSSR count). The van der Waals surface area contributed by atoms with Crippen LogP contribution >= 0.6 is 101 Å². The standard InChI is InChI=1S/C12H8Br2Cl6/c13-6-2-1-3(7(6)14)5-4(2)10(17)8(15)9(16)11(5,18)12(10,19)20/h2-7H,1H2/t2-,3-,4-,5+,6-,7+,10+,11+/m1/s1. The summed E-state index contributed by atoms with van der Waals surface area (Å²) in [4.78, 5) is -1.56. The van der Waals surface area contributed by atoms with Gasteiger partial charge in [0.1, 0.15) is 9.75 Å². The van der Waals surface area contributed by atoms with Crippen molar-refractivity contribution >= 4 is 101 Å². The van der Waals surface area contributed by atoms with E-state index in [0.717, 1.165) is 6.42 Å². The van der Waals surface area contributed by atoms with E-state index in [2.05, 4.69) is 31.9 Å². The van der Waals surface area contributed by atoms with Crippen molar-refractivity contribution in [2.24, 2.45) is 23.7 Å². The molecule has 8 heteroatoms. The first kappa shape index (κ1) is 15.9. The monoisotopic (exact) mass is 520 g/mol. The van der Waals surface area contributed by atoms with Gasteiger partial charge >= 0.3 is 0 Å². The summed E-state index contributed by atoms with van der Waals surface area (Å²) in [5.41, 5.74) is 0. The van der Waals surface area contributed by atoms with Crippen molar-refractivity contribution in [2.45, 2.75) is 30.2 Å². The quantitative estimate of drug-likeness (QED) is 0.260. The first-order valence-corrected chi connectivity index (χ1v) is 10.3. The van der Waals surface area contributed by atoms with Gasteiger partial charge < -0.3 is 0 Å². The summed E-state index contributed by atoms with van der Waals surface area (Å²) in [6, 6.07) is 0. The minimum absolute atomic E-state index is 0.0369. The molecule has 20 heavy (non-hydrogen) atoms. The first-order valence-electron chi connectivity index (χ1n) is 6.21. The Bertz CT molecular complexity index is 506. The fourth-order valence-corrected chi connectivity index (χ4v) is 9.93. The molecule has 8 atom stereocenters. The van der Waals surface area contributed by atoms with Gasteiger partial charge in [-0.1, -0.05) is 78.3 Å². The predicted octanol–water partition coefficient (Wildman–Crippen LogP) is 6.24. The maximum absolute atomic E-state index is 6.87. The summed E-state index contributed by atoms with van der Waals surface area (Å²) < 4.78 is -1.40. The average molecular weight is 525 g/mol. The van der Waals surface area contributed by atoms with Crippen molar-refractivity contribution < 1.29 is 0 Å². The molecular formula is C12H8Br2Cl6. The molecule has 4 aliphatic carbocycles. The summed E-state index contributed by atoms with van der Waals surface area (Å²) in [5.74, 6) is 0.746. The minimum atomic E-state index is -1.40. The Morgan fingerprint density at radius 1 is 0.800 bits per heavy atom. The van der Waals surface area contributed by atoms with E-state index >= 15 is 0 Å². The third-order valence-electron chi connectivity index (χ3n) is 5.64. The van der Waals surface area contributed by atoms with E-state index in [4.69, 9.17) is 69.6 Å². The molecule has 3 fully saturated rings. The van der Waals surface area contributed by atoms with Gasteiger partial charge in [0, 0.05) is 9.65 Å². The molecule has 0 saturated heterocycles. The number of hydrogen-bond acceptors (Lipinski definition) is 0. The Morgan fingerprint density at radius 3 is 1.50 bits per heavy atom. The Kier molecular flexibility index (Phi) is 3.46. The molecule has 0 aromatic rings. The summed E-state index contributed by atoms with van der Waals surface area (Å²) in [7, 11) is 0. The van der Waals surface area contributed by atoms with Crippen LogP contribution in [0.2, 0.25) is 0 Å². The Balaban J connectivity index is 1.98. The van der Waals surface area contributed by atoms with Crippen LogP contribution in [0.5, 0.6) is 0 Å². The second-order valence-electron chi connectivity index (χ2n) is 6.13. The van der Waals surface area contributed by atoms with Gasteiger partial charge in [-0.2, -0.15) is 0 Å². The van der Waals surface area contributed by atoms with Crippen LogP contribution in [-0.2, 0) is 0 Å². The lowest BCUT2D eigenvalue weighted by Gasteiger charge is -2.43. The van der Waals surface area contributed by atoms with Crippen LogP contribution in [0.1, 0.15) is 6.42 Å². The van der Waals surface area contributed by atoms with Gasteiger partial charge in [-0.25, -0.2) is 0 Å². The lowest BCUT2D eigenvalue weighted by molar-refractivity contribution is 0.233. The molecule has 112 valence electrons. The first-order chi connectivity index (χ1) is 9.11. The molecule has 0 radical (unpaired) electrons. The van der Waals surface area contributed by atoms with Gasteiger partial charge in [0.05, 0.1) is 10.1 Å². The number of hydrogen-bond donors (Lipinski definition) is 0. The van der Waals surface area contributed by atoms with Gasteiger partial charge in [-0.3, -0.25) is 0 Å². The lowest BCUT2D eigenvalue weighted by atomic mass is 9.72. The number of alkyl halides is 6. The zero-order valence-electron chi connectivity index (χ0n) is 9.69. The van der Waals surface area contributed by atoms with Gasteiger partial charge in [-0.15, -0.1) is 23.2 Å². The van der Waals surface area contributed by atoms with E-state index in [1.54, 1.807) is 0 Å². The number of rotatable bonds is 0. The van der Waals surface area contributed by atoms with Crippen LogP contribution in [0.25, 0.3) is 0 Å². The number of fused-ring (bicyclic) bond motifs is 9. The van der Waals surface area contributed by atoms with Gasteiger partial charge in [0.15, 0.2) is 4.33 Å². The lowest BCUT2D eigenvalue weighted by Crippen LogP contribution is -2.46. The van der Waals surface area contributed by atoms with Crippen molar-refractivity contribution in [2.75, 3.05) is 0 Å². The van der Waals surface area contributed by atoms with E-state index in [9.17, 15) is 0 Å². The van der Waals surface area contributed by atoms with Gasteiger partial charge in [-0.05, 0) is 30.1 Å². The normalized spacial score (nSPS) is 62.4. The minimum Gasteiger partial charge on any atom is -0.109 e. The van der Waals surface area contributed by atoms with Crippen molar-refractivity contribution in [3.63, 3.8) is 0 Å². The highest BCUT2D eigenvalue weighted by Gasteiger charge is 2.87.